The number of ether oxygens (including phenoxy) is 1. The fourth-order valence-electron chi connectivity index (χ4n) is 4.03. The maximum atomic E-state index is 13.0. The summed E-state index contributed by atoms with van der Waals surface area (Å²) < 4.78 is 35.7. The summed E-state index contributed by atoms with van der Waals surface area (Å²) in [5.74, 6) is -0.394. The molecule has 182 valence electrons. The van der Waals surface area contributed by atoms with Crippen molar-refractivity contribution in [1.82, 2.24) is 28.7 Å². The first-order chi connectivity index (χ1) is 16.9. The van der Waals surface area contributed by atoms with Gasteiger partial charge in [-0.15, -0.1) is 0 Å². The number of nitrogens with zero attached hydrogens (tertiary/aromatic N) is 6. The molecule has 1 aromatic carbocycles. The van der Waals surface area contributed by atoms with Crippen molar-refractivity contribution in [2.45, 2.75) is 25.3 Å². The summed E-state index contributed by atoms with van der Waals surface area (Å²) >= 11 is 0. The molecule has 4 heterocycles. The van der Waals surface area contributed by atoms with E-state index in [9.17, 15) is 13.2 Å². The number of anilines is 1. The Kier molecular flexibility index (Phi) is 6.09. The van der Waals surface area contributed by atoms with E-state index in [2.05, 4.69) is 20.5 Å². The van der Waals surface area contributed by atoms with Gasteiger partial charge in [0.1, 0.15) is 5.56 Å². The average molecular weight is 496 g/mol. The van der Waals surface area contributed by atoms with Gasteiger partial charge in [-0.25, -0.2) is 17.9 Å². The fourth-order valence-corrected chi connectivity index (χ4v) is 5.44. The molecule has 0 saturated carbocycles. The van der Waals surface area contributed by atoms with Gasteiger partial charge in [-0.1, -0.05) is 0 Å². The minimum absolute atomic E-state index is 0.169. The molecule has 12 heteroatoms. The normalized spacial score (nSPS) is 14.9. The number of rotatable bonds is 6. The lowest BCUT2D eigenvalue weighted by Gasteiger charge is -2.26. The number of morpholine rings is 1. The van der Waals surface area contributed by atoms with E-state index >= 15 is 0 Å². The Bertz CT molecular complexity index is 1490. The topological polar surface area (TPSA) is 124 Å². The molecule has 0 radical (unpaired) electrons. The number of sulfonamides is 1. The quantitative estimate of drug-likeness (QED) is 0.435. The summed E-state index contributed by atoms with van der Waals surface area (Å²) in [7, 11) is -3.60. The summed E-state index contributed by atoms with van der Waals surface area (Å²) in [5.41, 5.74) is 3.72. The van der Waals surface area contributed by atoms with Gasteiger partial charge < -0.3 is 10.1 Å². The van der Waals surface area contributed by atoms with E-state index in [1.165, 1.54) is 22.6 Å². The number of nitrogens with one attached hydrogen (secondary N) is 1. The highest BCUT2D eigenvalue weighted by Gasteiger charge is 2.26. The van der Waals surface area contributed by atoms with Crippen LogP contribution in [0, 0.1) is 6.92 Å². The van der Waals surface area contributed by atoms with E-state index in [0.29, 0.717) is 43.2 Å². The van der Waals surface area contributed by atoms with Crippen LogP contribution in [0.4, 0.5) is 5.69 Å². The van der Waals surface area contributed by atoms with Crippen LogP contribution in [0.2, 0.25) is 0 Å². The summed E-state index contributed by atoms with van der Waals surface area (Å²) in [6.07, 6.45) is 5.05. The molecule has 1 amide bonds. The molecule has 0 spiro atoms. The fraction of sp³-hybridized carbons (Fsp3) is 0.304. The predicted octanol–water partition coefficient (Wildman–Crippen LogP) is 2.19. The van der Waals surface area contributed by atoms with E-state index in [1.54, 1.807) is 22.8 Å². The van der Waals surface area contributed by atoms with Gasteiger partial charge in [0.25, 0.3) is 5.91 Å². The van der Waals surface area contributed by atoms with Crippen LogP contribution in [-0.4, -0.2) is 69.3 Å². The maximum absolute atomic E-state index is 13.0. The maximum Gasteiger partial charge on any atom is 0.261 e. The highest BCUT2D eigenvalue weighted by Crippen LogP contribution is 2.25. The van der Waals surface area contributed by atoms with Crippen LogP contribution in [0.1, 0.15) is 23.0 Å². The SMILES string of the molecule is CCn1cc(-c2ccnc3c(C(=O)Nc4ccc(S(=O)(=O)N5CCOCC5)cc4)cnn23)c(C)n1. The van der Waals surface area contributed by atoms with Crippen LogP contribution in [0.3, 0.4) is 0 Å². The van der Waals surface area contributed by atoms with Crippen molar-refractivity contribution in [1.29, 1.82) is 0 Å². The third kappa shape index (κ3) is 4.31. The number of aromatic nitrogens is 5. The van der Waals surface area contributed by atoms with Crippen molar-refractivity contribution >= 4 is 27.3 Å². The Morgan fingerprint density at radius 1 is 1.14 bits per heavy atom. The van der Waals surface area contributed by atoms with Crippen LogP contribution in [0.25, 0.3) is 16.9 Å². The Morgan fingerprint density at radius 3 is 2.57 bits per heavy atom. The van der Waals surface area contributed by atoms with E-state index < -0.39 is 15.9 Å². The van der Waals surface area contributed by atoms with Crippen LogP contribution < -0.4 is 5.32 Å². The number of amides is 1. The van der Waals surface area contributed by atoms with E-state index in [4.69, 9.17) is 4.74 Å². The second kappa shape index (κ2) is 9.21. The summed E-state index contributed by atoms with van der Waals surface area (Å²) in [6.45, 7) is 6.08. The first-order valence-corrected chi connectivity index (χ1v) is 12.7. The third-order valence-electron chi connectivity index (χ3n) is 5.91. The van der Waals surface area contributed by atoms with Crippen LogP contribution in [0.5, 0.6) is 0 Å². The third-order valence-corrected chi connectivity index (χ3v) is 7.83. The van der Waals surface area contributed by atoms with Gasteiger partial charge >= 0.3 is 0 Å². The molecular formula is C23H25N7O4S. The molecule has 0 bridgehead atoms. The van der Waals surface area contributed by atoms with Crippen molar-refractivity contribution < 1.29 is 17.9 Å². The standard InChI is InChI=1S/C23H25N7O4S/c1-3-28-15-20(16(2)27-28)21-8-9-24-22-19(14-25-30(21)22)23(31)26-17-4-6-18(7-5-17)35(32,33)29-10-12-34-13-11-29/h4-9,14-15H,3,10-13H2,1-2H3,(H,26,31). The summed E-state index contributed by atoms with van der Waals surface area (Å²) in [5, 5.41) is 11.7. The number of hydrogen-bond donors (Lipinski definition) is 1. The smallest absolute Gasteiger partial charge is 0.261 e. The molecule has 4 aromatic rings. The number of carbonyl (C=O) groups is 1. The molecule has 1 aliphatic rings. The Morgan fingerprint density at radius 2 is 1.89 bits per heavy atom. The van der Waals surface area contributed by atoms with Gasteiger partial charge in [0.05, 0.1) is 35.7 Å². The minimum atomic E-state index is -3.60. The number of carbonyl (C=O) groups excluding carboxylic acids is 1. The molecule has 0 atom stereocenters. The second-order valence-corrected chi connectivity index (χ2v) is 10.0. The molecule has 35 heavy (non-hydrogen) atoms. The molecule has 1 saturated heterocycles. The average Bonchev–Trinajstić information content (AvgIpc) is 3.48. The molecule has 0 aliphatic carbocycles. The van der Waals surface area contributed by atoms with Crippen LogP contribution >= 0.6 is 0 Å². The van der Waals surface area contributed by atoms with Gasteiger partial charge in [0.15, 0.2) is 5.65 Å². The second-order valence-electron chi connectivity index (χ2n) is 8.10. The zero-order valence-electron chi connectivity index (χ0n) is 19.4. The molecule has 3 aromatic heterocycles. The molecule has 1 N–H and O–H groups in total. The number of aryl methyl sites for hydroxylation is 2. The highest BCUT2D eigenvalue weighted by molar-refractivity contribution is 7.89. The van der Waals surface area contributed by atoms with Gasteiger partial charge in [-0.2, -0.15) is 14.5 Å². The number of benzene rings is 1. The summed E-state index contributed by atoms with van der Waals surface area (Å²) in [6, 6.07) is 7.94. The molecule has 1 fully saturated rings. The van der Waals surface area contributed by atoms with Gasteiger partial charge in [-0.05, 0) is 44.2 Å². The Hall–Kier alpha value is -3.61. The van der Waals surface area contributed by atoms with E-state index in [1.807, 2.05) is 30.8 Å². The zero-order valence-corrected chi connectivity index (χ0v) is 20.2. The van der Waals surface area contributed by atoms with Gasteiger partial charge in [0.2, 0.25) is 10.0 Å². The molecule has 5 rings (SSSR count). The first-order valence-electron chi connectivity index (χ1n) is 11.2. The molecular weight excluding hydrogens is 470 g/mol. The van der Waals surface area contributed by atoms with Crippen molar-refractivity contribution in [3.05, 3.63) is 60.2 Å². The van der Waals surface area contributed by atoms with Crippen molar-refractivity contribution in [2.75, 3.05) is 31.6 Å². The Balaban J connectivity index is 1.38. The first kappa shape index (κ1) is 23.1. The lowest BCUT2D eigenvalue weighted by Crippen LogP contribution is -2.40. The number of fused-ring (bicyclic) bond motifs is 1. The summed E-state index contributed by atoms with van der Waals surface area (Å²) in [4.78, 5) is 17.6. The van der Waals surface area contributed by atoms with Crippen molar-refractivity contribution in [3.8, 4) is 11.3 Å². The van der Waals surface area contributed by atoms with Gasteiger partial charge in [-0.3, -0.25) is 9.48 Å². The van der Waals surface area contributed by atoms with E-state index in [0.717, 1.165) is 23.5 Å². The molecule has 0 unspecified atom stereocenters. The highest BCUT2D eigenvalue weighted by atomic mass is 32.2. The molecule has 1 aliphatic heterocycles. The van der Waals surface area contributed by atoms with Gasteiger partial charge in [0, 0.05) is 43.3 Å². The number of hydrogen-bond acceptors (Lipinski definition) is 7. The van der Waals surface area contributed by atoms with Crippen LogP contribution in [-0.2, 0) is 21.3 Å². The van der Waals surface area contributed by atoms with E-state index in [-0.39, 0.29) is 4.90 Å². The lowest BCUT2D eigenvalue weighted by atomic mass is 10.2. The lowest BCUT2D eigenvalue weighted by molar-refractivity contribution is 0.0730. The van der Waals surface area contributed by atoms with Crippen molar-refractivity contribution in [2.24, 2.45) is 0 Å². The largest absolute Gasteiger partial charge is 0.379 e. The Labute approximate surface area is 202 Å². The monoisotopic (exact) mass is 495 g/mol. The minimum Gasteiger partial charge on any atom is -0.379 e. The zero-order chi connectivity index (χ0) is 24.6. The molecule has 11 nitrogen and oxygen atoms in total. The van der Waals surface area contributed by atoms with Crippen LogP contribution in [0.15, 0.2) is 53.8 Å². The van der Waals surface area contributed by atoms with Crippen molar-refractivity contribution in [3.63, 3.8) is 0 Å². The predicted molar refractivity (Wildman–Crippen MR) is 129 cm³/mol.